The molecular weight excluding hydrogens is 296 g/mol. The normalized spacial score (nSPS) is 11.3. The number of carbonyl (C=O) groups excluding carboxylic acids is 1. The first-order valence-electron chi connectivity index (χ1n) is 7.14. The van der Waals surface area contributed by atoms with Crippen LogP contribution in [0.2, 0.25) is 0 Å². The number of fused-ring (bicyclic) bond motifs is 1. The minimum Gasteiger partial charge on any atom is -0.497 e. The minimum atomic E-state index is -0.0207. The highest BCUT2D eigenvalue weighted by Crippen LogP contribution is 2.28. The molecule has 114 valence electrons. The van der Waals surface area contributed by atoms with E-state index in [1.165, 1.54) is 11.3 Å². The summed E-state index contributed by atoms with van der Waals surface area (Å²) in [6, 6.07) is 5.74. The Labute approximate surface area is 133 Å². The second-order valence-electron chi connectivity index (χ2n) is 5.60. The third kappa shape index (κ3) is 2.41. The number of hydrogen-bond donors (Lipinski definition) is 0. The van der Waals surface area contributed by atoms with Crippen LogP contribution in [0.25, 0.3) is 10.9 Å². The molecule has 2 heterocycles. The Balaban J connectivity index is 2.07. The zero-order valence-electron chi connectivity index (χ0n) is 13.1. The molecule has 5 heteroatoms. The molecule has 0 saturated carbocycles. The number of thiazole rings is 1. The topological polar surface area (TPSA) is 44.1 Å². The van der Waals surface area contributed by atoms with Crippen LogP contribution >= 0.6 is 11.3 Å². The Hall–Kier alpha value is -2.14. The molecule has 4 nitrogen and oxygen atoms in total. The summed E-state index contributed by atoms with van der Waals surface area (Å²) in [6.07, 6.45) is 1.86. The predicted octanol–water partition coefficient (Wildman–Crippen LogP) is 4.00. The van der Waals surface area contributed by atoms with Crippen LogP contribution in [0.1, 0.15) is 40.8 Å². The van der Waals surface area contributed by atoms with Crippen LogP contribution in [-0.4, -0.2) is 22.4 Å². The Morgan fingerprint density at radius 1 is 1.36 bits per heavy atom. The number of nitrogens with zero attached hydrogens (tertiary/aromatic N) is 2. The summed E-state index contributed by atoms with van der Waals surface area (Å²) in [6.45, 7) is 4.15. The van der Waals surface area contributed by atoms with Crippen LogP contribution in [0, 0.1) is 0 Å². The van der Waals surface area contributed by atoms with E-state index in [9.17, 15) is 4.79 Å². The molecule has 1 aromatic carbocycles. The fourth-order valence-corrected chi connectivity index (χ4v) is 3.37. The van der Waals surface area contributed by atoms with Gasteiger partial charge in [0.05, 0.1) is 23.9 Å². The highest BCUT2D eigenvalue weighted by Gasteiger charge is 2.19. The summed E-state index contributed by atoms with van der Waals surface area (Å²) in [5, 5.41) is 3.44. The lowest BCUT2D eigenvalue weighted by molar-refractivity contribution is 0.103. The number of aryl methyl sites for hydroxylation is 1. The molecule has 0 bridgehead atoms. The molecular formula is C17H18N2O2S. The van der Waals surface area contributed by atoms with E-state index in [4.69, 9.17) is 4.74 Å². The lowest BCUT2D eigenvalue weighted by atomic mass is 10.1. The highest BCUT2D eigenvalue weighted by atomic mass is 32.1. The quantitative estimate of drug-likeness (QED) is 0.684. The van der Waals surface area contributed by atoms with Gasteiger partial charge in [-0.25, -0.2) is 4.98 Å². The SMILES string of the molecule is COc1ccc2c(C(=O)c3nc(C(C)C)cs3)cn(C)c2c1. The van der Waals surface area contributed by atoms with Crippen LogP contribution in [0.15, 0.2) is 29.8 Å². The first-order valence-corrected chi connectivity index (χ1v) is 8.02. The van der Waals surface area contributed by atoms with Crippen LogP contribution < -0.4 is 4.74 Å². The van der Waals surface area contributed by atoms with E-state index in [0.29, 0.717) is 16.5 Å². The number of aromatic nitrogens is 2. The molecule has 0 amide bonds. The van der Waals surface area contributed by atoms with Gasteiger partial charge in [0.25, 0.3) is 0 Å². The van der Waals surface area contributed by atoms with Gasteiger partial charge in [-0.05, 0) is 18.1 Å². The van der Waals surface area contributed by atoms with Crippen molar-refractivity contribution in [3.8, 4) is 5.75 Å². The third-order valence-electron chi connectivity index (χ3n) is 3.75. The van der Waals surface area contributed by atoms with Crippen LogP contribution in [0.5, 0.6) is 5.75 Å². The molecule has 0 aliphatic rings. The molecule has 0 unspecified atom stereocenters. The standard InChI is InChI=1S/C17H18N2O2S/c1-10(2)14-9-22-17(18-14)16(20)13-8-19(3)15-7-11(21-4)5-6-12(13)15/h5-10H,1-4H3. The predicted molar refractivity (Wildman–Crippen MR) is 89.1 cm³/mol. The lowest BCUT2D eigenvalue weighted by Gasteiger charge is -2.01. The molecule has 0 fully saturated rings. The van der Waals surface area contributed by atoms with Crippen molar-refractivity contribution in [1.29, 1.82) is 0 Å². The Morgan fingerprint density at radius 3 is 2.77 bits per heavy atom. The fraction of sp³-hybridized carbons (Fsp3) is 0.294. The lowest BCUT2D eigenvalue weighted by Crippen LogP contribution is -2.01. The molecule has 3 rings (SSSR count). The molecule has 0 spiro atoms. The second-order valence-corrected chi connectivity index (χ2v) is 6.46. The van der Waals surface area contributed by atoms with Crippen molar-refractivity contribution in [3.05, 3.63) is 46.0 Å². The Morgan fingerprint density at radius 2 is 2.14 bits per heavy atom. The Bertz CT molecular complexity index is 846. The van der Waals surface area contributed by atoms with Gasteiger partial charge >= 0.3 is 0 Å². The van der Waals surface area contributed by atoms with E-state index in [1.807, 2.05) is 41.4 Å². The van der Waals surface area contributed by atoms with Crippen molar-refractivity contribution >= 4 is 28.0 Å². The zero-order chi connectivity index (χ0) is 15.9. The number of hydrogen-bond acceptors (Lipinski definition) is 4. The minimum absolute atomic E-state index is 0.0207. The molecule has 0 aliphatic carbocycles. The maximum Gasteiger partial charge on any atom is 0.223 e. The maximum absolute atomic E-state index is 12.8. The van der Waals surface area contributed by atoms with Gasteiger partial charge in [0, 0.05) is 30.1 Å². The largest absolute Gasteiger partial charge is 0.497 e. The van der Waals surface area contributed by atoms with Crippen LogP contribution in [0.4, 0.5) is 0 Å². The smallest absolute Gasteiger partial charge is 0.223 e. The number of ketones is 1. The summed E-state index contributed by atoms with van der Waals surface area (Å²) < 4.78 is 7.20. The molecule has 0 atom stereocenters. The van der Waals surface area contributed by atoms with E-state index in [-0.39, 0.29) is 5.78 Å². The van der Waals surface area contributed by atoms with Gasteiger partial charge in [0.15, 0.2) is 5.01 Å². The molecule has 0 saturated heterocycles. The van der Waals surface area contributed by atoms with Gasteiger partial charge in [-0.2, -0.15) is 0 Å². The van der Waals surface area contributed by atoms with Crippen molar-refractivity contribution < 1.29 is 9.53 Å². The van der Waals surface area contributed by atoms with Crippen molar-refractivity contribution in [3.63, 3.8) is 0 Å². The van der Waals surface area contributed by atoms with E-state index >= 15 is 0 Å². The first kappa shape index (κ1) is 14.8. The fourth-order valence-electron chi connectivity index (χ4n) is 2.44. The van der Waals surface area contributed by atoms with Crippen molar-refractivity contribution in [2.45, 2.75) is 19.8 Å². The third-order valence-corrected chi connectivity index (χ3v) is 4.61. The summed E-state index contributed by atoms with van der Waals surface area (Å²) in [4.78, 5) is 17.2. The second kappa shape index (κ2) is 5.57. The van der Waals surface area contributed by atoms with E-state index in [0.717, 1.165) is 22.3 Å². The number of benzene rings is 1. The molecule has 0 aliphatic heterocycles. The maximum atomic E-state index is 12.8. The highest BCUT2D eigenvalue weighted by molar-refractivity contribution is 7.12. The van der Waals surface area contributed by atoms with Gasteiger partial charge in [0.2, 0.25) is 5.78 Å². The molecule has 2 aromatic heterocycles. The molecule has 3 aromatic rings. The number of ether oxygens (including phenoxy) is 1. The zero-order valence-corrected chi connectivity index (χ0v) is 13.9. The molecule has 0 N–H and O–H groups in total. The van der Waals surface area contributed by atoms with Gasteiger partial charge in [0.1, 0.15) is 5.75 Å². The van der Waals surface area contributed by atoms with E-state index in [1.54, 1.807) is 7.11 Å². The summed E-state index contributed by atoms with van der Waals surface area (Å²) in [7, 11) is 3.57. The van der Waals surface area contributed by atoms with Gasteiger partial charge < -0.3 is 9.30 Å². The summed E-state index contributed by atoms with van der Waals surface area (Å²) >= 11 is 1.41. The van der Waals surface area contributed by atoms with Crippen molar-refractivity contribution in [2.75, 3.05) is 7.11 Å². The summed E-state index contributed by atoms with van der Waals surface area (Å²) in [5.41, 5.74) is 2.63. The molecule has 22 heavy (non-hydrogen) atoms. The molecule has 0 radical (unpaired) electrons. The van der Waals surface area contributed by atoms with E-state index in [2.05, 4.69) is 18.8 Å². The van der Waals surface area contributed by atoms with Gasteiger partial charge in [-0.1, -0.05) is 13.8 Å². The number of methoxy groups -OCH3 is 1. The average molecular weight is 314 g/mol. The van der Waals surface area contributed by atoms with E-state index < -0.39 is 0 Å². The number of carbonyl (C=O) groups is 1. The van der Waals surface area contributed by atoms with Crippen LogP contribution in [0.3, 0.4) is 0 Å². The van der Waals surface area contributed by atoms with Crippen molar-refractivity contribution in [1.82, 2.24) is 9.55 Å². The number of rotatable bonds is 4. The average Bonchev–Trinajstić information content (AvgIpc) is 3.12. The van der Waals surface area contributed by atoms with Gasteiger partial charge in [-0.15, -0.1) is 11.3 Å². The van der Waals surface area contributed by atoms with Crippen molar-refractivity contribution in [2.24, 2.45) is 7.05 Å². The van der Waals surface area contributed by atoms with Gasteiger partial charge in [-0.3, -0.25) is 4.79 Å². The van der Waals surface area contributed by atoms with Crippen LogP contribution in [-0.2, 0) is 7.05 Å². The monoisotopic (exact) mass is 314 g/mol. The Kier molecular flexibility index (Phi) is 3.74. The first-order chi connectivity index (χ1) is 10.5. The summed E-state index contributed by atoms with van der Waals surface area (Å²) in [5.74, 6) is 1.09.